The molecule has 0 saturated carbocycles. The highest BCUT2D eigenvalue weighted by Crippen LogP contribution is 2.10. The fraction of sp³-hybridized carbons (Fsp3) is 0.0714. The third kappa shape index (κ3) is 2.54. The van der Waals surface area contributed by atoms with Gasteiger partial charge in [-0.05, 0) is 17.7 Å². The second-order valence-corrected chi connectivity index (χ2v) is 4.74. The van der Waals surface area contributed by atoms with Crippen LogP contribution in [0.5, 0.6) is 5.75 Å². The van der Waals surface area contributed by atoms with E-state index < -0.39 is 28.7 Å². The largest absolute Gasteiger partial charge is 0.501 e. The Kier molecular flexibility index (Phi) is 3.67. The van der Waals surface area contributed by atoms with Crippen LogP contribution in [-0.4, -0.2) is 30.2 Å². The fourth-order valence-corrected chi connectivity index (χ4v) is 2.00. The smallest absolute Gasteiger partial charge is 0.318 e. The van der Waals surface area contributed by atoms with Crippen molar-refractivity contribution in [3.05, 3.63) is 58.0 Å². The first-order valence-corrected chi connectivity index (χ1v) is 6.63. The highest BCUT2D eigenvalue weighted by atomic mass is 19.1. The standard InChI is InChI=1S/C14H9FN6O3/c15-9-3-1-8(2-4-9)5-17-12(23)10-11(22)13(24)21-14(19-10)20(6-16)7-18-21/h1-4,7,22H,5H2,(H,17,23). The van der Waals surface area contributed by atoms with E-state index in [1.54, 1.807) is 6.19 Å². The maximum Gasteiger partial charge on any atom is 0.318 e. The molecule has 9 nitrogen and oxygen atoms in total. The van der Waals surface area contributed by atoms with Gasteiger partial charge in [0.05, 0.1) is 0 Å². The molecule has 0 atom stereocenters. The van der Waals surface area contributed by atoms with Crippen LogP contribution in [0.3, 0.4) is 0 Å². The van der Waals surface area contributed by atoms with Crippen molar-refractivity contribution >= 4 is 11.7 Å². The highest BCUT2D eigenvalue weighted by molar-refractivity contribution is 5.95. The lowest BCUT2D eigenvalue weighted by Crippen LogP contribution is -2.27. The SMILES string of the molecule is N#Cn1cnn2c(=O)c(O)c(C(=O)NCc3ccc(F)cc3)nc12. The molecule has 0 aliphatic carbocycles. The third-order valence-corrected chi connectivity index (χ3v) is 3.21. The van der Waals surface area contributed by atoms with Gasteiger partial charge < -0.3 is 10.4 Å². The Bertz CT molecular complexity index is 1030. The van der Waals surface area contributed by atoms with Crippen LogP contribution < -0.4 is 10.9 Å². The fourth-order valence-electron chi connectivity index (χ4n) is 2.00. The number of benzene rings is 1. The monoisotopic (exact) mass is 328 g/mol. The maximum atomic E-state index is 12.8. The number of hydrogen-bond donors (Lipinski definition) is 2. The predicted molar refractivity (Wildman–Crippen MR) is 77.5 cm³/mol. The lowest BCUT2D eigenvalue weighted by molar-refractivity contribution is 0.0942. The van der Waals surface area contributed by atoms with E-state index in [0.717, 1.165) is 10.9 Å². The number of rotatable bonds is 3. The van der Waals surface area contributed by atoms with Gasteiger partial charge in [0.2, 0.25) is 11.5 Å². The molecule has 0 spiro atoms. The van der Waals surface area contributed by atoms with Gasteiger partial charge in [-0.15, -0.1) is 0 Å². The third-order valence-electron chi connectivity index (χ3n) is 3.21. The van der Waals surface area contributed by atoms with Gasteiger partial charge in [-0.2, -0.15) is 14.9 Å². The van der Waals surface area contributed by atoms with Gasteiger partial charge in [-0.3, -0.25) is 9.59 Å². The summed E-state index contributed by atoms with van der Waals surface area (Å²) in [6.07, 6.45) is 2.74. The number of hydrogen-bond acceptors (Lipinski definition) is 6. The molecule has 0 bridgehead atoms. The van der Waals surface area contributed by atoms with Gasteiger partial charge in [0.15, 0.2) is 11.9 Å². The summed E-state index contributed by atoms with van der Waals surface area (Å²) in [5.41, 5.74) is -0.885. The Balaban J connectivity index is 1.92. The molecule has 1 aromatic carbocycles. The number of carbonyl (C=O) groups excluding carboxylic acids is 1. The summed E-state index contributed by atoms with van der Waals surface area (Å²) in [5, 5.41) is 24.8. The van der Waals surface area contributed by atoms with Crippen molar-refractivity contribution in [2.24, 2.45) is 0 Å². The number of halogens is 1. The van der Waals surface area contributed by atoms with E-state index in [0.29, 0.717) is 10.1 Å². The Morgan fingerprint density at radius 3 is 2.75 bits per heavy atom. The Hall–Kier alpha value is -3.74. The minimum Gasteiger partial charge on any atom is -0.501 e. The molecule has 0 saturated heterocycles. The van der Waals surface area contributed by atoms with Gasteiger partial charge in [-0.1, -0.05) is 12.1 Å². The quantitative estimate of drug-likeness (QED) is 0.697. The first-order valence-electron chi connectivity index (χ1n) is 6.63. The number of fused-ring (bicyclic) bond motifs is 1. The number of nitrogens with zero attached hydrogens (tertiary/aromatic N) is 5. The van der Waals surface area contributed by atoms with E-state index in [1.165, 1.54) is 24.3 Å². The van der Waals surface area contributed by atoms with E-state index in [-0.39, 0.29) is 12.3 Å². The van der Waals surface area contributed by atoms with Gasteiger partial charge in [0.25, 0.3) is 5.91 Å². The molecule has 10 heteroatoms. The van der Waals surface area contributed by atoms with Gasteiger partial charge in [-0.25, -0.2) is 13.9 Å². The van der Waals surface area contributed by atoms with Crippen LogP contribution in [0.1, 0.15) is 16.1 Å². The first kappa shape index (κ1) is 15.2. The second kappa shape index (κ2) is 5.81. The van der Waals surface area contributed by atoms with Crippen LogP contribution in [0, 0.1) is 17.3 Å². The summed E-state index contributed by atoms with van der Waals surface area (Å²) < 4.78 is 14.4. The molecule has 0 aliphatic heterocycles. The molecule has 0 aliphatic rings. The highest BCUT2D eigenvalue weighted by Gasteiger charge is 2.20. The zero-order chi connectivity index (χ0) is 17.3. The molecular weight excluding hydrogens is 319 g/mol. The zero-order valence-corrected chi connectivity index (χ0v) is 12.0. The average molecular weight is 328 g/mol. The average Bonchev–Trinajstić information content (AvgIpc) is 3.00. The number of nitrogens with one attached hydrogen (secondary N) is 1. The van der Waals surface area contributed by atoms with E-state index >= 15 is 0 Å². The normalized spacial score (nSPS) is 10.5. The van der Waals surface area contributed by atoms with Crippen molar-refractivity contribution in [1.29, 1.82) is 5.26 Å². The Morgan fingerprint density at radius 2 is 2.08 bits per heavy atom. The summed E-state index contributed by atoms with van der Waals surface area (Å²) >= 11 is 0. The summed E-state index contributed by atoms with van der Waals surface area (Å²) in [6.45, 7) is 0.0388. The molecule has 2 N–H and O–H groups in total. The van der Waals surface area contributed by atoms with Gasteiger partial charge in [0, 0.05) is 6.54 Å². The Labute approximate surface area is 133 Å². The van der Waals surface area contributed by atoms with Crippen LogP contribution in [0.15, 0.2) is 35.4 Å². The first-order chi connectivity index (χ1) is 11.5. The summed E-state index contributed by atoms with van der Waals surface area (Å²) in [6, 6.07) is 5.43. The molecule has 2 aromatic heterocycles. The van der Waals surface area contributed by atoms with Crippen LogP contribution >= 0.6 is 0 Å². The van der Waals surface area contributed by atoms with Crippen molar-refractivity contribution in [3.63, 3.8) is 0 Å². The zero-order valence-electron chi connectivity index (χ0n) is 12.0. The molecule has 3 rings (SSSR count). The summed E-state index contributed by atoms with van der Waals surface area (Å²) in [7, 11) is 0. The van der Waals surface area contributed by atoms with Crippen LogP contribution in [0.2, 0.25) is 0 Å². The second-order valence-electron chi connectivity index (χ2n) is 4.74. The molecule has 2 heterocycles. The maximum absolute atomic E-state index is 12.8. The van der Waals surface area contributed by atoms with Crippen molar-refractivity contribution in [2.45, 2.75) is 6.54 Å². The van der Waals surface area contributed by atoms with E-state index in [1.807, 2.05) is 0 Å². The van der Waals surface area contributed by atoms with Crippen LogP contribution in [-0.2, 0) is 6.54 Å². The molecular formula is C14H9FN6O3. The number of nitriles is 1. The van der Waals surface area contributed by atoms with Crippen LogP contribution in [0.25, 0.3) is 5.78 Å². The minimum atomic E-state index is -0.971. The van der Waals surface area contributed by atoms with Crippen molar-refractivity contribution in [3.8, 4) is 11.9 Å². The van der Waals surface area contributed by atoms with Gasteiger partial charge in [0.1, 0.15) is 12.1 Å². The molecule has 0 radical (unpaired) electrons. The lowest BCUT2D eigenvalue weighted by atomic mass is 10.2. The van der Waals surface area contributed by atoms with Crippen LogP contribution in [0.4, 0.5) is 4.39 Å². The molecule has 0 fully saturated rings. The number of amides is 1. The molecule has 1 amide bonds. The van der Waals surface area contributed by atoms with Crippen molar-refractivity contribution in [1.82, 2.24) is 24.5 Å². The Morgan fingerprint density at radius 1 is 1.38 bits per heavy atom. The van der Waals surface area contributed by atoms with E-state index in [4.69, 9.17) is 5.26 Å². The number of carbonyl (C=O) groups is 1. The summed E-state index contributed by atoms with van der Waals surface area (Å²) in [5.74, 6) is -2.31. The topological polar surface area (TPSA) is 125 Å². The minimum absolute atomic E-state index is 0.0388. The summed E-state index contributed by atoms with van der Waals surface area (Å²) in [4.78, 5) is 27.9. The number of aromatic hydroxyl groups is 1. The predicted octanol–water partition coefficient (Wildman–Crippen LogP) is -0.00512. The van der Waals surface area contributed by atoms with Crippen molar-refractivity contribution < 1.29 is 14.3 Å². The molecule has 3 aromatic rings. The van der Waals surface area contributed by atoms with Crippen molar-refractivity contribution in [2.75, 3.05) is 0 Å². The number of aromatic nitrogens is 4. The van der Waals surface area contributed by atoms with Gasteiger partial charge >= 0.3 is 5.56 Å². The van der Waals surface area contributed by atoms with E-state index in [9.17, 15) is 19.1 Å². The molecule has 24 heavy (non-hydrogen) atoms. The molecule has 120 valence electrons. The van der Waals surface area contributed by atoms with E-state index in [2.05, 4.69) is 15.4 Å². The lowest BCUT2D eigenvalue weighted by Gasteiger charge is -2.06. The molecule has 0 unspecified atom stereocenters.